The van der Waals surface area contributed by atoms with E-state index in [0.29, 0.717) is 11.1 Å². The third-order valence-electron chi connectivity index (χ3n) is 5.58. The average Bonchev–Trinajstić information content (AvgIpc) is 3.03. The fraction of sp³-hybridized carbons (Fsp3) is 0.364. The minimum absolute atomic E-state index is 0.0999. The molecule has 0 saturated carbocycles. The Labute approximate surface area is 187 Å². The molecule has 8 nitrogen and oxygen atoms in total. The van der Waals surface area contributed by atoms with Gasteiger partial charge in [0.25, 0.3) is 0 Å². The molecule has 4 rings (SSSR count). The second kappa shape index (κ2) is 8.05. The molecule has 2 aliphatic heterocycles. The average molecular weight is 463 g/mol. The number of aliphatic carboxylic acids is 1. The molecule has 1 N–H and O–H groups in total. The topological polar surface area (TPSA) is 106 Å². The first-order chi connectivity index (χ1) is 15.1. The Bertz CT molecular complexity index is 1090. The number of carbonyl (C=O) groups excluding carboxylic acids is 2. The fourth-order valence-corrected chi connectivity index (χ4v) is 4.09. The van der Waals surface area contributed by atoms with Crippen LogP contribution in [0.25, 0.3) is 0 Å². The van der Waals surface area contributed by atoms with E-state index in [1.807, 2.05) is 0 Å². The number of β-lactam (4-membered cyclic amide) rings is 1. The number of carbonyl (C=O) groups is 3. The van der Waals surface area contributed by atoms with E-state index in [-0.39, 0.29) is 35.4 Å². The van der Waals surface area contributed by atoms with Crippen LogP contribution in [0.4, 0.5) is 4.39 Å². The molecule has 1 fully saturated rings. The van der Waals surface area contributed by atoms with Gasteiger partial charge in [-0.15, -0.1) is 0 Å². The standard InChI is InChI=1S/C22H20ClFN2O6/c1-11(13-4-5-15-16(9-13)32-22(2,24)31-15)7-18(27)26-19(21(29)30)14(20(26)28)8-12-3-6-17(23)25-10-12/h3-6,9-11,14,19H,7-8H2,1-2H3,(H,29,30)/t11-,14+,19-,22?/m0/s1. The maximum atomic E-state index is 13.9. The van der Waals surface area contributed by atoms with Crippen LogP contribution in [-0.2, 0) is 20.8 Å². The zero-order valence-corrected chi connectivity index (χ0v) is 18.0. The summed E-state index contributed by atoms with van der Waals surface area (Å²) in [7, 11) is 0. The SMILES string of the molecule is C[C@@H](CC(=O)N1C(=O)[C@H](Cc2ccc(Cl)nc2)[C@H]1C(=O)O)c1ccc2c(c1)OC(C)(F)O2. The number of likely N-dealkylation sites (tertiary alicyclic amines) is 1. The molecule has 0 radical (unpaired) electrons. The van der Waals surface area contributed by atoms with Gasteiger partial charge in [-0.25, -0.2) is 9.78 Å². The number of ether oxygens (including phenoxy) is 2. The predicted molar refractivity (Wildman–Crippen MR) is 110 cm³/mol. The molecule has 0 spiro atoms. The summed E-state index contributed by atoms with van der Waals surface area (Å²) in [5, 5.41) is 9.91. The molecule has 10 heteroatoms. The molecule has 2 aromatic rings. The number of imide groups is 1. The lowest BCUT2D eigenvalue weighted by Gasteiger charge is -2.43. The zero-order valence-electron chi connectivity index (χ0n) is 17.2. The van der Waals surface area contributed by atoms with Gasteiger partial charge < -0.3 is 14.6 Å². The molecule has 1 unspecified atom stereocenters. The number of carboxylic acids is 1. The molecular weight excluding hydrogens is 443 g/mol. The van der Waals surface area contributed by atoms with Crippen molar-refractivity contribution in [1.82, 2.24) is 9.88 Å². The van der Waals surface area contributed by atoms with Crippen molar-refractivity contribution in [3.63, 3.8) is 0 Å². The molecule has 1 aromatic carbocycles. The Kier molecular flexibility index (Phi) is 5.54. The quantitative estimate of drug-likeness (QED) is 0.518. The molecule has 0 aliphatic carbocycles. The van der Waals surface area contributed by atoms with E-state index < -0.39 is 35.8 Å². The van der Waals surface area contributed by atoms with Crippen LogP contribution in [0.1, 0.15) is 37.3 Å². The minimum Gasteiger partial charge on any atom is -0.480 e. The number of benzene rings is 1. The highest BCUT2D eigenvalue weighted by atomic mass is 35.5. The van der Waals surface area contributed by atoms with Gasteiger partial charge in [0.2, 0.25) is 11.8 Å². The molecule has 1 aromatic heterocycles. The predicted octanol–water partition coefficient (Wildman–Crippen LogP) is 3.32. The van der Waals surface area contributed by atoms with Crippen LogP contribution in [0.5, 0.6) is 11.5 Å². The summed E-state index contributed by atoms with van der Waals surface area (Å²) >= 11 is 5.75. The number of fused-ring (bicyclic) bond motifs is 1. The monoisotopic (exact) mass is 462 g/mol. The van der Waals surface area contributed by atoms with Gasteiger partial charge >= 0.3 is 12.0 Å². The smallest absolute Gasteiger partial charge is 0.404 e. The lowest BCUT2D eigenvalue weighted by atomic mass is 9.81. The van der Waals surface area contributed by atoms with Crippen molar-refractivity contribution in [1.29, 1.82) is 0 Å². The van der Waals surface area contributed by atoms with Crippen molar-refractivity contribution < 1.29 is 33.4 Å². The second-order valence-electron chi connectivity index (χ2n) is 8.04. The molecule has 2 aliphatic rings. The van der Waals surface area contributed by atoms with E-state index in [1.165, 1.54) is 6.20 Å². The van der Waals surface area contributed by atoms with Crippen molar-refractivity contribution in [3.05, 3.63) is 52.8 Å². The summed E-state index contributed by atoms with van der Waals surface area (Å²) in [6.45, 7) is 2.89. The van der Waals surface area contributed by atoms with Crippen LogP contribution < -0.4 is 9.47 Å². The summed E-state index contributed by atoms with van der Waals surface area (Å²) in [6.07, 6.45) is 1.52. The van der Waals surface area contributed by atoms with Crippen molar-refractivity contribution in [3.8, 4) is 11.5 Å². The van der Waals surface area contributed by atoms with Crippen molar-refractivity contribution >= 4 is 29.4 Å². The van der Waals surface area contributed by atoms with Gasteiger partial charge in [-0.3, -0.25) is 14.5 Å². The van der Waals surface area contributed by atoms with E-state index in [4.69, 9.17) is 21.1 Å². The highest BCUT2D eigenvalue weighted by molar-refractivity contribution is 6.29. The maximum Gasteiger partial charge on any atom is 0.404 e. The summed E-state index contributed by atoms with van der Waals surface area (Å²) in [6, 6.07) is 4.50. The molecule has 32 heavy (non-hydrogen) atoms. The lowest BCUT2D eigenvalue weighted by Crippen LogP contribution is -2.66. The number of pyridine rings is 1. The number of alkyl halides is 1. The van der Waals surface area contributed by atoms with E-state index in [0.717, 1.165) is 11.8 Å². The van der Waals surface area contributed by atoms with Crippen LogP contribution in [0, 0.1) is 5.92 Å². The van der Waals surface area contributed by atoms with Crippen LogP contribution in [0.2, 0.25) is 5.15 Å². The lowest BCUT2D eigenvalue weighted by molar-refractivity contribution is -0.177. The number of amides is 2. The number of aromatic nitrogens is 1. The Morgan fingerprint density at radius 2 is 2.00 bits per heavy atom. The summed E-state index contributed by atoms with van der Waals surface area (Å²) in [5.74, 6) is -3.14. The van der Waals surface area contributed by atoms with Crippen LogP contribution in [0.15, 0.2) is 36.5 Å². The van der Waals surface area contributed by atoms with Crippen molar-refractivity contribution in [2.24, 2.45) is 5.92 Å². The van der Waals surface area contributed by atoms with Gasteiger partial charge in [-0.05, 0) is 41.7 Å². The van der Waals surface area contributed by atoms with Gasteiger partial charge in [-0.2, -0.15) is 4.39 Å². The van der Waals surface area contributed by atoms with Gasteiger partial charge in [0.15, 0.2) is 11.5 Å². The highest BCUT2D eigenvalue weighted by Crippen LogP contribution is 2.42. The largest absolute Gasteiger partial charge is 0.480 e. The van der Waals surface area contributed by atoms with Crippen LogP contribution >= 0.6 is 11.6 Å². The first-order valence-electron chi connectivity index (χ1n) is 9.96. The molecular formula is C22H20ClFN2O6. The summed E-state index contributed by atoms with van der Waals surface area (Å²) in [5.41, 5.74) is 1.32. The Morgan fingerprint density at radius 3 is 2.66 bits per heavy atom. The Morgan fingerprint density at radius 1 is 1.28 bits per heavy atom. The van der Waals surface area contributed by atoms with E-state index in [2.05, 4.69) is 4.98 Å². The van der Waals surface area contributed by atoms with E-state index in [1.54, 1.807) is 37.3 Å². The number of halogens is 2. The fourth-order valence-electron chi connectivity index (χ4n) is 3.98. The number of hydrogen-bond donors (Lipinski definition) is 1. The van der Waals surface area contributed by atoms with E-state index >= 15 is 0 Å². The van der Waals surface area contributed by atoms with Gasteiger partial charge in [-0.1, -0.05) is 30.7 Å². The van der Waals surface area contributed by atoms with Crippen molar-refractivity contribution in [2.45, 2.75) is 44.7 Å². The third kappa shape index (κ3) is 4.12. The normalized spacial score (nSPS) is 24.8. The van der Waals surface area contributed by atoms with Crippen molar-refractivity contribution in [2.75, 3.05) is 0 Å². The molecule has 3 heterocycles. The van der Waals surface area contributed by atoms with Gasteiger partial charge in [0.1, 0.15) is 11.2 Å². The van der Waals surface area contributed by atoms with E-state index in [9.17, 15) is 23.9 Å². The van der Waals surface area contributed by atoms with Crippen LogP contribution in [-0.4, -0.2) is 44.9 Å². The first-order valence-corrected chi connectivity index (χ1v) is 10.3. The summed E-state index contributed by atoms with van der Waals surface area (Å²) < 4.78 is 24.0. The molecule has 168 valence electrons. The Hall–Kier alpha value is -3.20. The first kappa shape index (κ1) is 22.0. The molecule has 4 atom stereocenters. The molecule has 2 amide bonds. The number of carboxylic acid groups (broad SMARTS) is 1. The molecule has 1 saturated heterocycles. The summed E-state index contributed by atoms with van der Waals surface area (Å²) in [4.78, 5) is 42.0. The minimum atomic E-state index is -2.26. The number of hydrogen-bond acceptors (Lipinski definition) is 6. The van der Waals surface area contributed by atoms with Gasteiger partial charge in [0, 0.05) is 19.5 Å². The Balaban J connectivity index is 1.44. The van der Waals surface area contributed by atoms with Gasteiger partial charge in [0.05, 0.1) is 5.92 Å². The van der Waals surface area contributed by atoms with Crippen LogP contribution in [0.3, 0.4) is 0 Å². The highest BCUT2D eigenvalue weighted by Gasteiger charge is 2.54. The number of nitrogens with zero attached hydrogens (tertiary/aromatic N) is 2. The second-order valence-corrected chi connectivity index (χ2v) is 8.42. The number of rotatable bonds is 6. The molecule has 0 bridgehead atoms. The maximum absolute atomic E-state index is 13.9. The zero-order chi connectivity index (χ0) is 23.2. The third-order valence-corrected chi connectivity index (χ3v) is 5.81.